The van der Waals surface area contributed by atoms with Crippen LogP contribution in [-0.2, 0) is 9.53 Å². The highest BCUT2D eigenvalue weighted by atomic mass is 16.6. The molecule has 0 unspecified atom stereocenters. The molecule has 6 nitrogen and oxygen atoms in total. The Morgan fingerprint density at radius 1 is 0.833 bits per heavy atom. The van der Waals surface area contributed by atoms with Crippen molar-refractivity contribution in [1.29, 1.82) is 0 Å². The van der Waals surface area contributed by atoms with Crippen molar-refractivity contribution in [3.05, 3.63) is 41.8 Å². The summed E-state index contributed by atoms with van der Waals surface area (Å²) in [5.74, 6) is -0.320. The van der Waals surface area contributed by atoms with E-state index in [1.807, 2.05) is 20.8 Å². The predicted octanol–water partition coefficient (Wildman–Crippen LogP) is 6.20. The molecule has 2 fully saturated rings. The maximum Gasteiger partial charge on any atom is 0.331 e. The molecule has 0 aliphatic carbocycles. The van der Waals surface area contributed by atoms with Crippen LogP contribution in [0.4, 0.5) is 11.4 Å². The lowest BCUT2D eigenvalue weighted by atomic mass is 10.1. The summed E-state index contributed by atoms with van der Waals surface area (Å²) in [6.45, 7) is 11.8. The van der Waals surface area contributed by atoms with Gasteiger partial charge < -0.3 is 19.0 Å². The Morgan fingerprint density at radius 3 is 1.75 bits per heavy atom. The van der Waals surface area contributed by atoms with Gasteiger partial charge in [0.05, 0.1) is 5.36 Å². The SMILES string of the molecule is C[C@H](N=c1c2ccc(N3CCCCC3)cc2oc2cc(N3CCCCC3)ccc12)C(=O)OC(C)(C)C. The van der Waals surface area contributed by atoms with Crippen molar-refractivity contribution in [3.63, 3.8) is 0 Å². The lowest BCUT2D eigenvalue weighted by molar-refractivity contribution is -0.155. The number of hydrogen-bond acceptors (Lipinski definition) is 6. The van der Waals surface area contributed by atoms with Gasteiger partial charge in [-0.25, -0.2) is 4.79 Å². The van der Waals surface area contributed by atoms with Gasteiger partial charge in [0.25, 0.3) is 0 Å². The average molecular weight is 490 g/mol. The highest BCUT2D eigenvalue weighted by Gasteiger charge is 2.22. The molecule has 6 heteroatoms. The number of esters is 1. The molecular weight excluding hydrogens is 450 g/mol. The summed E-state index contributed by atoms with van der Waals surface area (Å²) in [6.07, 6.45) is 7.48. The van der Waals surface area contributed by atoms with Crippen LogP contribution in [0, 0.1) is 0 Å². The molecule has 2 aliphatic rings. The summed E-state index contributed by atoms with van der Waals surface area (Å²) in [5, 5.41) is 2.63. The van der Waals surface area contributed by atoms with Crippen LogP contribution in [-0.4, -0.2) is 43.8 Å². The first-order valence-corrected chi connectivity index (χ1v) is 13.6. The van der Waals surface area contributed by atoms with Crippen molar-refractivity contribution in [2.75, 3.05) is 36.0 Å². The summed E-state index contributed by atoms with van der Waals surface area (Å²) in [6, 6.07) is 12.2. The van der Waals surface area contributed by atoms with Crippen molar-refractivity contribution in [2.24, 2.45) is 4.99 Å². The smallest absolute Gasteiger partial charge is 0.331 e. The van der Waals surface area contributed by atoms with Gasteiger partial charge in [-0.1, -0.05) is 0 Å². The maximum absolute atomic E-state index is 12.8. The predicted molar refractivity (Wildman–Crippen MR) is 147 cm³/mol. The van der Waals surface area contributed by atoms with E-state index in [0.29, 0.717) is 0 Å². The van der Waals surface area contributed by atoms with Crippen molar-refractivity contribution in [1.82, 2.24) is 0 Å². The minimum Gasteiger partial charge on any atom is -0.458 e. The quantitative estimate of drug-likeness (QED) is 0.323. The second kappa shape index (κ2) is 10.2. The highest BCUT2D eigenvalue weighted by Crippen LogP contribution is 2.29. The minimum atomic E-state index is -0.624. The molecule has 2 aromatic carbocycles. The van der Waals surface area contributed by atoms with Crippen LogP contribution in [0.5, 0.6) is 0 Å². The van der Waals surface area contributed by atoms with Gasteiger partial charge in [0.15, 0.2) is 0 Å². The molecule has 192 valence electrons. The average Bonchev–Trinajstić information content (AvgIpc) is 2.88. The molecular formula is C30H39N3O3. The highest BCUT2D eigenvalue weighted by molar-refractivity contribution is 5.92. The summed E-state index contributed by atoms with van der Waals surface area (Å²) in [5.41, 5.74) is 3.42. The zero-order chi connectivity index (χ0) is 25.3. The summed E-state index contributed by atoms with van der Waals surface area (Å²) in [7, 11) is 0. The molecule has 36 heavy (non-hydrogen) atoms. The molecule has 2 saturated heterocycles. The molecule has 3 heterocycles. The number of benzene rings is 2. The first-order valence-electron chi connectivity index (χ1n) is 13.6. The van der Waals surface area contributed by atoms with E-state index in [4.69, 9.17) is 14.1 Å². The number of fused-ring (bicyclic) bond motifs is 2. The van der Waals surface area contributed by atoms with Gasteiger partial charge in [-0.3, -0.25) is 4.99 Å². The van der Waals surface area contributed by atoms with Crippen molar-refractivity contribution >= 4 is 39.3 Å². The van der Waals surface area contributed by atoms with Crippen molar-refractivity contribution in [3.8, 4) is 0 Å². The Hall–Kier alpha value is -3.02. The third kappa shape index (κ3) is 5.37. The van der Waals surface area contributed by atoms with Gasteiger partial charge in [-0.15, -0.1) is 0 Å². The van der Waals surface area contributed by atoms with Crippen LogP contribution in [0.3, 0.4) is 0 Å². The van der Waals surface area contributed by atoms with Crippen LogP contribution in [0.1, 0.15) is 66.2 Å². The summed E-state index contributed by atoms with van der Waals surface area (Å²) >= 11 is 0. The van der Waals surface area contributed by atoms with Gasteiger partial charge in [0.2, 0.25) is 0 Å². The van der Waals surface area contributed by atoms with Crippen LogP contribution in [0.15, 0.2) is 45.8 Å². The molecule has 1 atom stereocenters. The number of piperidine rings is 2. The van der Waals surface area contributed by atoms with Crippen LogP contribution in [0.2, 0.25) is 0 Å². The van der Waals surface area contributed by atoms with E-state index < -0.39 is 11.6 Å². The topological polar surface area (TPSA) is 58.3 Å². The zero-order valence-electron chi connectivity index (χ0n) is 22.2. The third-order valence-corrected chi connectivity index (χ3v) is 7.17. The lowest BCUT2D eigenvalue weighted by Gasteiger charge is -2.29. The van der Waals surface area contributed by atoms with Crippen LogP contribution >= 0.6 is 0 Å². The van der Waals surface area contributed by atoms with Crippen LogP contribution < -0.4 is 15.2 Å². The second-order valence-corrected chi connectivity index (χ2v) is 11.2. The first kappa shape index (κ1) is 24.7. The molecule has 1 aromatic heterocycles. The number of anilines is 2. The largest absolute Gasteiger partial charge is 0.458 e. The minimum absolute atomic E-state index is 0.320. The number of carbonyl (C=O) groups is 1. The molecule has 0 spiro atoms. The summed E-state index contributed by atoms with van der Waals surface area (Å²) < 4.78 is 12.2. The van der Waals surface area contributed by atoms with E-state index in [1.165, 1.54) is 49.9 Å². The molecule has 2 aliphatic heterocycles. The van der Waals surface area contributed by atoms with E-state index in [1.54, 1.807) is 6.92 Å². The fourth-order valence-corrected chi connectivity index (χ4v) is 5.32. The van der Waals surface area contributed by atoms with Crippen molar-refractivity contribution < 1.29 is 13.9 Å². The van der Waals surface area contributed by atoms with E-state index in [2.05, 4.69) is 46.2 Å². The molecule has 3 aromatic rings. The second-order valence-electron chi connectivity index (χ2n) is 11.2. The summed E-state index contributed by atoms with van der Waals surface area (Å²) in [4.78, 5) is 22.6. The van der Waals surface area contributed by atoms with Gasteiger partial charge in [0.1, 0.15) is 22.8 Å². The number of carbonyl (C=O) groups excluding carboxylic acids is 1. The lowest BCUT2D eigenvalue weighted by Crippen LogP contribution is -2.30. The van der Waals surface area contributed by atoms with E-state index in [-0.39, 0.29) is 5.97 Å². The van der Waals surface area contributed by atoms with Gasteiger partial charge in [0, 0.05) is 60.5 Å². The monoisotopic (exact) mass is 489 g/mol. The Kier molecular flexibility index (Phi) is 6.96. The Labute approximate surface area is 213 Å². The Balaban J connectivity index is 1.64. The fraction of sp³-hybridized carbons (Fsp3) is 0.533. The first-order chi connectivity index (χ1) is 17.3. The van der Waals surface area contributed by atoms with Crippen LogP contribution in [0.25, 0.3) is 21.9 Å². The molecule has 0 saturated carbocycles. The molecule has 0 radical (unpaired) electrons. The molecule has 0 bridgehead atoms. The maximum atomic E-state index is 12.8. The third-order valence-electron chi connectivity index (χ3n) is 7.17. The number of hydrogen-bond donors (Lipinski definition) is 0. The number of ether oxygens (including phenoxy) is 1. The van der Waals surface area contributed by atoms with Crippen molar-refractivity contribution in [2.45, 2.75) is 77.9 Å². The van der Waals surface area contributed by atoms with E-state index in [9.17, 15) is 4.79 Å². The standard InChI is InChI=1S/C30H39N3O3/c1-21(29(34)36-30(2,3)4)31-28-24-13-11-22(32-15-7-5-8-16-32)19-26(24)35-27-20-23(12-14-25(27)28)33-17-9-6-10-18-33/h11-14,19-21H,5-10,15-18H2,1-4H3/t21-/m0/s1. The molecule has 0 N–H and O–H groups in total. The van der Waals surface area contributed by atoms with Gasteiger partial charge in [-0.05, 0) is 90.5 Å². The fourth-order valence-electron chi connectivity index (χ4n) is 5.32. The molecule has 5 rings (SSSR count). The zero-order valence-corrected chi connectivity index (χ0v) is 22.2. The Morgan fingerprint density at radius 2 is 1.31 bits per heavy atom. The van der Waals surface area contributed by atoms with Gasteiger partial charge >= 0.3 is 5.97 Å². The van der Waals surface area contributed by atoms with E-state index >= 15 is 0 Å². The van der Waals surface area contributed by atoms with E-state index in [0.717, 1.165) is 53.5 Å². The Bertz CT molecular complexity index is 1230. The normalized spacial score (nSPS) is 17.9. The number of rotatable bonds is 4. The molecule has 0 amide bonds. The van der Waals surface area contributed by atoms with Gasteiger partial charge in [-0.2, -0.15) is 0 Å². The number of nitrogens with zero attached hydrogens (tertiary/aromatic N) is 3.